The number of rotatable bonds is 5. The van der Waals surface area contributed by atoms with Crippen molar-refractivity contribution in [2.75, 3.05) is 0 Å². The molecule has 1 unspecified atom stereocenters. The standard InChI is InChI=1S/C17H19Br2N/c1-12-9-15(5-8-17(12)19)11-20-13(2)10-14-3-6-16(18)7-4-14/h3-9,13,20H,10-11H2,1-2H3. The van der Waals surface area contributed by atoms with Crippen LogP contribution in [0.15, 0.2) is 51.4 Å². The van der Waals surface area contributed by atoms with Gasteiger partial charge < -0.3 is 5.32 Å². The molecule has 1 atom stereocenters. The Kier molecular flexibility index (Phi) is 5.82. The second kappa shape index (κ2) is 7.39. The van der Waals surface area contributed by atoms with E-state index < -0.39 is 0 Å². The summed E-state index contributed by atoms with van der Waals surface area (Å²) < 4.78 is 2.30. The monoisotopic (exact) mass is 395 g/mol. The lowest BCUT2D eigenvalue weighted by Gasteiger charge is -2.14. The van der Waals surface area contributed by atoms with Crippen molar-refractivity contribution in [2.45, 2.75) is 32.9 Å². The van der Waals surface area contributed by atoms with Crippen molar-refractivity contribution < 1.29 is 0 Å². The fourth-order valence-corrected chi connectivity index (χ4v) is 2.67. The van der Waals surface area contributed by atoms with Crippen molar-refractivity contribution in [3.8, 4) is 0 Å². The molecule has 20 heavy (non-hydrogen) atoms. The van der Waals surface area contributed by atoms with Crippen molar-refractivity contribution in [1.29, 1.82) is 0 Å². The zero-order valence-electron chi connectivity index (χ0n) is 11.8. The molecule has 1 nitrogen and oxygen atoms in total. The van der Waals surface area contributed by atoms with Gasteiger partial charge in [-0.05, 0) is 55.2 Å². The van der Waals surface area contributed by atoms with Crippen molar-refractivity contribution in [1.82, 2.24) is 5.32 Å². The summed E-state index contributed by atoms with van der Waals surface area (Å²) in [5.41, 5.74) is 3.97. The summed E-state index contributed by atoms with van der Waals surface area (Å²) in [6, 6.07) is 15.5. The third-order valence-corrected chi connectivity index (χ3v) is 4.75. The Balaban J connectivity index is 1.86. The fraction of sp³-hybridized carbons (Fsp3) is 0.294. The van der Waals surface area contributed by atoms with Gasteiger partial charge in [0, 0.05) is 21.5 Å². The minimum Gasteiger partial charge on any atom is -0.310 e. The van der Waals surface area contributed by atoms with Crippen LogP contribution in [0.25, 0.3) is 0 Å². The SMILES string of the molecule is Cc1cc(CNC(C)Cc2ccc(Br)cc2)ccc1Br. The molecule has 0 saturated heterocycles. The first-order chi connectivity index (χ1) is 9.54. The van der Waals surface area contributed by atoms with Crippen molar-refractivity contribution in [2.24, 2.45) is 0 Å². The molecule has 0 fully saturated rings. The Bertz CT molecular complexity index is 564. The molecule has 0 aliphatic carbocycles. The van der Waals surface area contributed by atoms with Crippen LogP contribution in [-0.4, -0.2) is 6.04 Å². The van der Waals surface area contributed by atoms with E-state index in [4.69, 9.17) is 0 Å². The number of benzene rings is 2. The second-order valence-corrected chi connectivity index (χ2v) is 6.97. The summed E-state index contributed by atoms with van der Waals surface area (Å²) in [6.07, 6.45) is 1.04. The lowest BCUT2D eigenvalue weighted by Crippen LogP contribution is -2.27. The van der Waals surface area contributed by atoms with Crippen LogP contribution in [0.3, 0.4) is 0 Å². The molecule has 0 bridgehead atoms. The van der Waals surface area contributed by atoms with Crippen LogP contribution in [0.1, 0.15) is 23.6 Å². The number of halogens is 2. The summed E-state index contributed by atoms with van der Waals surface area (Å²) in [5, 5.41) is 3.58. The minimum atomic E-state index is 0.458. The molecule has 2 aromatic rings. The molecule has 0 aromatic heterocycles. The van der Waals surface area contributed by atoms with E-state index in [1.54, 1.807) is 0 Å². The highest BCUT2D eigenvalue weighted by molar-refractivity contribution is 9.10. The van der Waals surface area contributed by atoms with Gasteiger partial charge in [-0.2, -0.15) is 0 Å². The van der Waals surface area contributed by atoms with Gasteiger partial charge in [-0.25, -0.2) is 0 Å². The maximum absolute atomic E-state index is 3.58. The van der Waals surface area contributed by atoms with E-state index in [0.29, 0.717) is 6.04 Å². The van der Waals surface area contributed by atoms with E-state index in [-0.39, 0.29) is 0 Å². The molecule has 106 valence electrons. The molecular weight excluding hydrogens is 378 g/mol. The van der Waals surface area contributed by atoms with Gasteiger partial charge in [-0.3, -0.25) is 0 Å². The molecule has 0 amide bonds. The quantitative estimate of drug-likeness (QED) is 0.728. The van der Waals surface area contributed by atoms with Crippen molar-refractivity contribution >= 4 is 31.9 Å². The highest BCUT2D eigenvalue weighted by Gasteiger charge is 2.04. The van der Waals surface area contributed by atoms with E-state index >= 15 is 0 Å². The molecule has 0 aliphatic rings. The van der Waals surface area contributed by atoms with Crippen molar-refractivity contribution in [3.05, 3.63) is 68.1 Å². The molecule has 2 aromatic carbocycles. The molecule has 0 spiro atoms. The van der Waals surface area contributed by atoms with Gasteiger partial charge in [-0.1, -0.05) is 56.1 Å². The van der Waals surface area contributed by atoms with Gasteiger partial charge in [0.1, 0.15) is 0 Å². The summed E-state index contributed by atoms with van der Waals surface area (Å²) in [4.78, 5) is 0. The van der Waals surface area contributed by atoms with E-state index in [1.165, 1.54) is 21.2 Å². The Morgan fingerprint density at radius 3 is 2.30 bits per heavy atom. The highest BCUT2D eigenvalue weighted by Crippen LogP contribution is 2.17. The van der Waals surface area contributed by atoms with Crippen LogP contribution < -0.4 is 5.32 Å². The Hall–Kier alpha value is -0.640. The number of aryl methyl sites for hydroxylation is 1. The van der Waals surface area contributed by atoms with Crippen LogP contribution in [0.2, 0.25) is 0 Å². The molecule has 0 aliphatic heterocycles. The van der Waals surface area contributed by atoms with E-state index in [9.17, 15) is 0 Å². The topological polar surface area (TPSA) is 12.0 Å². The van der Waals surface area contributed by atoms with Crippen LogP contribution in [-0.2, 0) is 13.0 Å². The van der Waals surface area contributed by atoms with E-state index in [2.05, 4.69) is 93.5 Å². The Morgan fingerprint density at radius 2 is 1.65 bits per heavy atom. The first kappa shape index (κ1) is 15.7. The fourth-order valence-electron chi connectivity index (χ4n) is 2.16. The third kappa shape index (κ3) is 4.72. The van der Waals surface area contributed by atoms with Gasteiger partial charge in [-0.15, -0.1) is 0 Å². The van der Waals surface area contributed by atoms with Crippen LogP contribution in [0.4, 0.5) is 0 Å². The molecule has 3 heteroatoms. The number of hydrogen-bond donors (Lipinski definition) is 1. The van der Waals surface area contributed by atoms with Crippen LogP contribution in [0, 0.1) is 6.92 Å². The Morgan fingerprint density at radius 1 is 1.00 bits per heavy atom. The lowest BCUT2D eigenvalue weighted by molar-refractivity contribution is 0.545. The molecular formula is C17H19Br2N. The van der Waals surface area contributed by atoms with Gasteiger partial charge in [0.15, 0.2) is 0 Å². The van der Waals surface area contributed by atoms with Gasteiger partial charge in [0.25, 0.3) is 0 Å². The normalized spacial score (nSPS) is 12.4. The summed E-state index contributed by atoms with van der Waals surface area (Å²) in [7, 11) is 0. The minimum absolute atomic E-state index is 0.458. The zero-order valence-corrected chi connectivity index (χ0v) is 15.0. The Labute approximate surface area is 138 Å². The molecule has 1 N–H and O–H groups in total. The summed E-state index contributed by atoms with van der Waals surface area (Å²) in [5.74, 6) is 0. The summed E-state index contributed by atoms with van der Waals surface area (Å²) in [6.45, 7) is 5.26. The molecule has 0 radical (unpaired) electrons. The van der Waals surface area contributed by atoms with E-state index in [1.807, 2.05) is 0 Å². The van der Waals surface area contributed by atoms with Crippen molar-refractivity contribution in [3.63, 3.8) is 0 Å². The lowest BCUT2D eigenvalue weighted by atomic mass is 10.1. The van der Waals surface area contributed by atoms with Crippen LogP contribution >= 0.6 is 31.9 Å². The maximum Gasteiger partial charge on any atom is 0.0208 e. The predicted molar refractivity (Wildman–Crippen MR) is 93.0 cm³/mol. The predicted octanol–water partition coefficient (Wildman–Crippen LogP) is 5.24. The third-order valence-electron chi connectivity index (χ3n) is 3.33. The number of hydrogen-bond acceptors (Lipinski definition) is 1. The largest absolute Gasteiger partial charge is 0.310 e. The average molecular weight is 397 g/mol. The average Bonchev–Trinajstić information content (AvgIpc) is 2.43. The van der Waals surface area contributed by atoms with Crippen LogP contribution in [0.5, 0.6) is 0 Å². The first-order valence-electron chi connectivity index (χ1n) is 6.77. The first-order valence-corrected chi connectivity index (χ1v) is 8.36. The number of nitrogens with one attached hydrogen (secondary N) is 1. The molecule has 2 rings (SSSR count). The molecule has 0 heterocycles. The smallest absolute Gasteiger partial charge is 0.0208 e. The maximum atomic E-state index is 3.58. The van der Waals surface area contributed by atoms with Gasteiger partial charge in [0.05, 0.1) is 0 Å². The van der Waals surface area contributed by atoms with Gasteiger partial charge >= 0.3 is 0 Å². The van der Waals surface area contributed by atoms with E-state index in [0.717, 1.165) is 17.4 Å². The second-order valence-electron chi connectivity index (χ2n) is 5.20. The summed E-state index contributed by atoms with van der Waals surface area (Å²) >= 11 is 7.00. The molecule has 0 saturated carbocycles. The highest BCUT2D eigenvalue weighted by atomic mass is 79.9. The van der Waals surface area contributed by atoms with Gasteiger partial charge in [0.2, 0.25) is 0 Å². The zero-order chi connectivity index (χ0) is 14.5.